The van der Waals surface area contributed by atoms with Gasteiger partial charge >= 0.3 is 0 Å². The molecule has 31 heavy (non-hydrogen) atoms. The van der Waals surface area contributed by atoms with Crippen molar-refractivity contribution in [2.45, 2.75) is 58.1 Å². The van der Waals surface area contributed by atoms with Crippen molar-refractivity contribution >= 4 is 11.6 Å². The molecule has 0 bridgehead atoms. The molecular weight excluding hydrogens is 384 g/mol. The molecule has 4 heteroatoms. The van der Waals surface area contributed by atoms with E-state index in [0.717, 1.165) is 32.4 Å². The molecule has 1 heterocycles. The fourth-order valence-corrected chi connectivity index (χ4v) is 4.76. The van der Waals surface area contributed by atoms with Crippen molar-refractivity contribution in [3.8, 4) is 0 Å². The Bertz CT molecular complexity index is 830. The number of carbonyl (C=O) groups excluding carboxylic acids is 1. The largest absolute Gasteiger partial charge is 0.378 e. The van der Waals surface area contributed by atoms with Crippen molar-refractivity contribution < 1.29 is 9.53 Å². The summed E-state index contributed by atoms with van der Waals surface area (Å²) in [6, 6.07) is 19.3. The number of amides is 1. The quantitative estimate of drug-likeness (QED) is 0.565. The molecule has 2 aromatic carbocycles. The first-order valence-corrected chi connectivity index (χ1v) is 11.5. The van der Waals surface area contributed by atoms with Gasteiger partial charge in [0.25, 0.3) is 0 Å². The Labute approximate surface area is 188 Å². The second kappa shape index (κ2) is 10.3. The molecule has 1 fully saturated rings. The lowest BCUT2D eigenvalue weighted by molar-refractivity contribution is -0.129. The highest BCUT2D eigenvalue weighted by molar-refractivity contribution is 5.73. The average Bonchev–Trinajstić information content (AvgIpc) is 2.73. The van der Waals surface area contributed by atoms with E-state index in [2.05, 4.69) is 73.3 Å². The summed E-state index contributed by atoms with van der Waals surface area (Å²) < 4.78 is 5.98. The molecular formula is C27H38N2O2. The lowest BCUT2D eigenvalue weighted by Crippen LogP contribution is -2.37. The van der Waals surface area contributed by atoms with Crippen LogP contribution in [0.4, 0.5) is 5.69 Å². The topological polar surface area (TPSA) is 32.8 Å². The van der Waals surface area contributed by atoms with Crippen molar-refractivity contribution in [1.82, 2.24) is 4.90 Å². The van der Waals surface area contributed by atoms with Gasteiger partial charge in [0.05, 0.1) is 5.60 Å². The average molecular weight is 423 g/mol. The maximum absolute atomic E-state index is 12.4. The predicted octanol–water partition coefficient (Wildman–Crippen LogP) is 5.48. The van der Waals surface area contributed by atoms with Crippen LogP contribution in [0.3, 0.4) is 0 Å². The van der Waals surface area contributed by atoms with Gasteiger partial charge in [0.2, 0.25) is 5.91 Å². The summed E-state index contributed by atoms with van der Waals surface area (Å²) in [5, 5.41) is 0. The van der Waals surface area contributed by atoms with Crippen LogP contribution >= 0.6 is 0 Å². The van der Waals surface area contributed by atoms with E-state index in [9.17, 15) is 4.79 Å². The van der Waals surface area contributed by atoms with Crippen LogP contribution in [-0.4, -0.2) is 43.7 Å². The van der Waals surface area contributed by atoms with Gasteiger partial charge < -0.3 is 14.5 Å². The highest BCUT2D eigenvalue weighted by Crippen LogP contribution is 2.40. The Morgan fingerprint density at radius 2 is 1.77 bits per heavy atom. The van der Waals surface area contributed by atoms with E-state index < -0.39 is 0 Å². The molecule has 3 rings (SSSR count). The summed E-state index contributed by atoms with van der Waals surface area (Å²) in [5.74, 6) is 1.14. The second-order valence-electron chi connectivity index (χ2n) is 9.67. The van der Waals surface area contributed by atoms with Crippen molar-refractivity contribution in [3.05, 3.63) is 65.7 Å². The number of hydrogen-bond acceptors (Lipinski definition) is 3. The molecule has 168 valence electrons. The molecule has 1 saturated heterocycles. The van der Waals surface area contributed by atoms with E-state index in [1.807, 2.05) is 19.0 Å². The predicted molar refractivity (Wildman–Crippen MR) is 128 cm³/mol. The zero-order valence-electron chi connectivity index (χ0n) is 19.8. The van der Waals surface area contributed by atoms with Gasteiger partial charge in [-0.15, -0.1) is 0 Å². The Hall–Kier alpha value is -2.33. The Kier molecular flexibility index (Phi) is 7.77. The molecule has 1 aliphatic rings. The van der Waals surface area contributed by atoms with Crippen LogP contribution in [0, 0.1) is 5.92 Å². The molecule has 0 radical (unpaired) electrons. The summed E-state index contributed by atoms with van der Waals surface area (Å²) >= 11 is 0. The third-order valence-electron chi connectivity index (χ3n) is 6.51. The molecule has 1 amide bonds. The van der Waals surface area contributed by atoms with Gasteiger partial charge in [0, 0.05) is 46.4 Å². The zero-order valence-corrected chi connectivity index (χ0v) is 19.8. The van der Waals surface area contributed by atoms with Crippen molar-refractivity contribution in [2.24, 2.45) is 5.92 Å². The van der Waals surface area contributed by atoms with Gasteiger partial charge in [0.1, 0.15) is 0 Å². The molecule has 0 aliphatic carbocycles. The van der Waals surface area contributed by atoms with Gasteiger partial charge in [0.15, 0.2) is 0 Å². The number of carbonyl (C=O) groups is 1. The first kappa shape index (κ1) is 23.3. The molecule has 2 aromatic rings. The van der Waals surface area contributed by atoms with Crippen LogP contribution in [0.1, 0.15) is 57.1 Å². The van der Waals surface area contributed by atoms with Crippen LogP contribution in [-0.2, 0) is 16.1 Å². The van der Waals surface area contributed by atoms with Gasteiger partial charge in [-0.3, -0.25) is 4.79 Å². The smallest absolute Gasteiger partial charge is 0.219 e. The third kappa shape index (κ3) is 6.57. The number of hydrogen-bond donors (Lipinski definition) is 0. The number of anilines is 1. The number of benzene rings is 2. The van der Waals surface area contributed by atoms with E-state index in [0.29, 0.717) is 18.4 Å². The molecule has 1 aliphatic heterocycles. The van der Waals surface area contributed by atoms with Crippen LogP contribution in [0.5, 0.6) is 0 Å². The lowest BCUT2D eigenvalue weighted by Gasteiger charge is -2.40. The fourth-order valence-electron chi connectivity index (χ4n) is 4.76. The maximum atomic E-state index is 12.4. The van der Waals surface area contributed by atoms with Gasteiger partial charge in [-0.25, -0.2) is 0 Å². The SMILES string of the molecule is CC(=O)N(CC[C@@H](c1ccccc1)[C@H]1CCOC(C)(C)C1)Cc1ccc(N(C)C)cc1. The first-order chi connectivity index (χ1) is 14.7. The van der Waals surface area contributed by atoms with E-state index in [-0.39, 0.29) is 11.5 Å². The fraction of sp³-hybridized carbons (Fsp3) is 0.519. The molecule has 0 aromatic heterocycles. The normalized spacial score (nSPS) is 18.9. The molecule has 2 atom stereocenters. The molecule has 0 saturated carbocycles. The van der Waals surface area contributed by atoms with Crippen LogP contribution in [0.2, 0.25) is 0 Å². The highest BCUT2D eigenvalue weighted by atomic mass is 16.5. The molecule has 0 N–H and O–H groups in total. The Morgan fingerprint density at radius 1 is 1.10 bits per heavy atom. The van der Waals surface area contributed by atoms with Gasteiger partial charge in [-0.2, -0.15) is 0 Å². The van der Waals surface area contributed by atoms with E-state index in [1.165, 1.54) is 16.8 Å². The zero-order chi connectivity index (χ0) is 22.4. The minimum atomic E-state index is -0.0790. The summed E-state index contributed by atoms with van der Waals surface area (Å²) in [6.07, 6.45) is 3.10. The Morgan fingerprint density at radius 3 is 2.35 bits per heavy atom. The second-order valence-corrected chi connectivity index (χ2v) is 9.67. The van der Waals surface area contributed by atoms with Crippen LogP contribution < -0.4 is 4.90 Å². The van der Waals surface area contributed by atoms with Crippen molar-refractivity contribution in [3.63, 3.8) is 0 Å². The minimum absolute atomic E-state index is 0.0790. The van der Waals surface area contributed by atoms with Crippen molar-refractivity contribution in [1.29, 1.82) is 0 Å². The molecule has 4 nitrogen and oxygen atoms in total. The highest BCUT2D eigenvalue weighted by Gasteiger charge is 2.34. The summed E-state index contributed by atoms with van der Waals surface area (Å²) in [4.78, 5) is 16.5. The summed E-state index contributed by atoms with van der Waals surface area (Å²) in [7, 11) is 4.08. The Balaban J connectivity index is 1.72. The standard InChI is InChI=1S/C27H38N2O2/c1-21(30)29(20-22-11-13-25(14-12-22)28(4)5)17-15-26(23-9-7-6-8-10-23)24-16-18-31-27(2,3)19-24/h6-14,24,26H,15-20H2,1-5H3/t24-,26-/m0/s1. The molecule has 0 spiro atoms. The lowest BCUT2D eigenvalue weighted by atomic mass is 9.75. The summed E-state index contributed by atoms with van der Waals surface area (Å²) in [5.41, 5.74) is 3.64. The molecule has 0 unspecified atom stereocenters. The number of ether oxygens (including phenoxy) is 1. The maximum Gasteiger partial charge on any atom is 0.219 e. The van der Waals surface area contributed by atoms with E-state index in [4.69, 9.17) is 4.74 Å². The number of rotatable bonds is 8. The van der Waals surface area contributed by atoms with Crippen molar-refractivity contribution in [2.75, 3.05) is 32.1 Å². The minimum Gasteiger partial charge on any atom is -0.378 e. The summed E-state index contributed by atoms with van der Waals surface area (Å²) in [6.45, 7) is 8.31. The van der Waals surface area contributed by atoms with E-state index >= 15 is 0 Å². The van der Waals surface area contributed by atoms with Crippen LogP contribution in [0.25, 0.3) is 0 Å². The number of nitrogens with zero attached hydrogens (tertiary/aromatic N) is 2. The van der Waals surface area contributed by atoms with E-state index in [1.54, 1.807) is 6.92 Å². The first-order valence-electron chi connectivity index (χ1n) is 11.5. The van der Waals surface area contributed by atoms with Crippen LogP contribution in [0.15, 0.2) is 54.6 Å². The van der Waals surface area contributed by atoms with Gasteiger partial charge in [-0.05, 0) is 68.2 Å². The third-order valence-corrected chi connectivity index (χ3v) is 6.51. The monoisotopic (exact) mass is 422 g/mol. The van der Waals surface area contributed by atoms with Gasteiger partial charge in [-0.1, -0.05) is 42.5 Å².